The molecule has 0 spiro atoms. The molecule has 0 radical (unpaired) electrons. The zero-order valence-corrected chi connectivity index (χ0v) is 17.7. The Morgan fingerprint density at radius 3 is 2.70 bits per heavy atom. The number of ether oxygens (including phenoxy) is 1. The summed E-state index contributed by atoms with van der Waals surface area (Å²) in [6, 6.07) is 19.2. The molecule has 0 saturated heterocycles. The van der Waals surface area contributed by atoms with E-state index < -0.39 is 5.97 Å². The van der Waals surface area contributed by atoms with Gasteiger partial charge in [0.15, 0.2) is 0 Å². The third kappa shape index (κ3) is 4.66. The Labute approximate surface area is 185 Å². The third-order valence-corrected chi connectivity index (χ3v) is 5.67. The van der Waals surface area contributed by atoms with Crippen molar-refractivity contribution in [3.05, 3.63) is 101 Å². The van der Waals surface area contributed by atoms with Crippen molar-refractivity contribution < 1.29 is 9.53 Å². The molecule has 3 aromatic carbocycles. The van der Waals surface area contributed by atoms with Gasteiger partial charge in [-0.1, -0.05) is 65.7 Å². The second kappa shape index (κ2) is 9.33. The molecule has 4 aromatic rings. The summed E-state index contributed by atoms with van der Waals surface area (Å²) in [5.41, 5.74) is 1.47. The van der Waals surface area contributed by atoms with E-state index in [1.54, 1.807) is 30.7 Å². The van der Waals surface area contributed by atoms with E-state index in [1.165, 1.54) is 0 Å². The van der Waals surface area contributed by atoms with Crippen LogP contribution < -0.4 is 0 Å². The molecule has 4 nitrogen and oxygen atoms in total. The highest BCUT2D eigenvalue weighted by Gasteiger charge is 2.19. The highest BCUT2D eigenvalue weighted by atomic mass is 35.5. The summed E-state index contributed by atoms with van der Waals surface area (Å²) >= 11 is 12.1. The summed E-state index contributed by atoms with van der Waals surface area (Å²) in [5, 5.41) is 3.09. The van der Waals surface area contributed by atoms with E-state index in [0.717, 1.165) is 29.3 Å². The fourth-order valence-electron chi connectivity index (χ4n) is 3.57. The van der Waals surface area contributed by atoms with E-state index in [0.29, 0.717) is 10.6 Å². The van der Waals surface area contributed by atoms with Crippen LogP contribution in [0, 0.1) is 0 Å². The molecule has 0 aliphatic rings. The van der Waals surface area contributed by atoms with E-state index in [4.69, 9.17) is 27.9 Å². The molecule has 152 valence electrons. The van der Waals surface area contributed by atoms with Gasteiger partial charge in [0.05, 0.1) is 23.5 Å². The van der Waals surface area contributed by atoms with Gasteiger partial charge in [0.25, 0.3) is 0 Å². The van der Waals surface area contributed by atoms with Crippen LogP contribution >= 0.6 is 23.2 Å². The second-order valence-electron chi connectivity index (χ2n) is 7.08. The van der Waals surface area contributed by atoms with Crippen LogP contribution in [-0.2, 0) is 11.3 Å². The van der Waals surface area contributed by atoms with Gasteiger partial charge in [0.1, 0.15) is 0 Å². The Hall–Kier alpha value is -2.82. The first-order valence-corrected chi connectivity index (χ1v) is 10.4. The van der Waals surface area contributed by atoms with Crippen molar-refractivity contribution in [3.8, 4) is 0 Å². The zero-order valence-electron chi connectivity index (χ0n) is 16.2. The highest BCUT2D eigenvalue weighted by molar-refractivity contribution is 6.36. The Balaban J connectivity index is 1.57. The Kier molecular flexibility index (Phi) is 6.36. The number of imidazole rings is 1. The first-order chi connectivity index (χ1) is 14.6. The zero-order chi connectivity index (χ0) is 20.9. The number of halogens is 2. The number of aryl methyl sites for hydroxylation is 1. The normalized spacial score (nSPS) is 12.1. The van der Waals surface area contributed by atoms with Crippen molar-refractivity contribution in [3.63, 3.8) is 0 Å². The van der Waals surface area contributed by atoms with E-state index in [2.05, 4.69) is 29.2 Å². The number of rotatable bonds is 7. The van der Waals surface area contributed by atoms with Crippen LogP contribution in [-0.4, -0.2) is 22.1 Å². The largest absolute Gasteiger partial charge is 0.461 e. The molecule has 0 fully saturated rings. The quantitative estimate of drug-likeness (QED) is 0.314. The molecule has 0 amide bonds. The molecular formula is C24H20Cl2N2O2. The lowest BCUT2D eigenvalue weighted by molar-refractivity contribution is 0.0474. The van der Waals surface area contributed by atoms with Gasteiger partial charge in [-0.2, -0.15) is 0 Å². The molecule has 1 atom stereocenters. The number of fused-ring (bicyclic) bond motifs is 1. The second-order valence-corrected chi connectivity index (χ2v) is 7.92. The van der Waals surface area contributed by atoms with Crippen molar-refractivity contribution in [2.75, 3.05) is 6.61 Å². The first kappa shape index (κ1) is 20.5. The highest BCUT2D eigenvalue weighted by Crippen LogP contribution is 2.30. The number of carbonyl (C=O) groups is 1. The lowest BCUT2D eigenvalue weighted by Gasteiger charge is -2.20. The smallest absolute Gasteiger partial charge is 0.339 e. The maximum Gasteiger partial charge on any atom is 0.339 e. The van der Waals surface area contributed by atoms with Crippen LogP contribution in [0.4, 0.5) is 0 Å². The minimum Gasteiger partial charge on any atom is -0.461 e. The number of carbonyl (C=O) groups excluding carboxylic acids is 1. The average Bonchev–Trinajstić information content (AvgIpc) is 3.27. The van der Waals surface area contributed by atoms with Crippen LogP contribution in [0.15, 0.2) is 79.4 Å². The molecule has 1 heterocycles. The molecule has 0 N–H and O–H groups in total. The molecule has 4 rings (SSSR count). The molecule has 0 bridgehead atoms. The van der Waals surface area contributed by atoms with Gasteiger partial charge in [-0.25, -0.2) is 9.78 Å². The van der Waals surface area contributed by atoms with Crippen molar-refractivity contribution in [2.45, 2.75) is 18.9 Å². The number of esters is 1. The number of hydrogen-bond donors (Lipinski definition) is 0. The molecule has 1 unspecified atom stereocenters. The van der Waals surface area contributed by atoms with E-state index in [1.807, 2.05) is 29.0 Å². The minimum atomic E-state index is -0.454. The number of benzene rings is 3. The molecule has 0 aliphatic heterocycles. The van der Waals surface area contributed by atoms with Gasteiger partial charge < -0.3 is 9.30 Å². The third-order valence-electron chi connectivity index (χ3n) is 5.12. The minimum absolute atomic E-state index is 0.0218. The topological polar surface area (TPSA) is 44.1 Å². The van der Waals surface area contributed by atoms with Crippen molar-refractivity contribution in [2.24, 2.45) is 0 Å². The van der Waals surface area contributed by atoms with Gasteiger partial charge in [-0.3, -0.25) is 0 Å². The first-order valence-electron chi connectivity index (χ1n) is 9.67. The molecule has 30 heavy (non-hydrogen) atoms. The lowest BCUT2D eigenvalue weighted by atomic mass is 9.91. The summed E-state index contributed by atoms with van der Waals surface area (Å²) in [7, 11) is 0. The van der Waals surface area contributed by atoms with Crippen molar-refractivity contribution in [1.82, 2.24) is 9.55 Å². The standard InChI is InChI=1S/C24H20Cl2N2O2/c25-19-8-9-22(23(26)14-19)24(29)30-15-18(10-12-28-13-11-27-16-28)21-7-3-5-17-4-1-2-6-20(17)21/h1-9,11,13-14,16,18H,10,12,15H2. The van der Waals surface area contributed by atoms with Crippen LogP contribution in [0.1, 0.15) is 28.3 Å². The maximum absolute atomic E-state index is 12.6. The Morgan fingerprint density at radius 2 is 1.90 bits per heavy atom. The van der Waals surface area contributed by atoms with Gasteiger partial charge in [0, 0.05) is 29.9 Å². The predicted octanol–water partition coefficient (Wildman–Crippen LogP) is 6.37. The summed E-state index contributed by atoms with van der Waals surface area (Å²) in [5.74, 6) is -0.432. The SMILES string of the molecule is O=C(OCC(CCn1ccnc1)c1cccc2ccccc12)c1ccc(Cl)cc1Cl. The van der Waals surface area contributed by atoms with Crippen LogP contribution in [0.2, 0.25) is 10.0 Å². The molecule has 6 heteroatoms. The summed E-state index contributed by atoms with van der Waals surface area (Å²) in [4.78, 5) is 16.7. The van der Waals surface area contributed by atoms with Crippen LogP contribution in [0.5, 0.6) is 0 Å². The lowest BCUT2D eigenvalue weighted by Crippen LogP contribution is -2.15. The fourth-order valence-corrected chi connectivity index (χ4v) is 4.05. The number of aromatic nitrogens is 2. The molecule has 0 saturated carbocycles. The summed E-state index contributed by atoms with van der Waals surface area (Å²) in [6.45, 7) is 1.02. The van der Waals surface area contributed by atoms with Gasteiger partial charge in [0.2, 0.25) is 0 Å². The van der Waals surface area contributed by atoms with Crippen molar-refractivity contribution in [1.29, 1.82) is 0 Å². The van der Waals surface area contributed by atoms with Crippen LogP contribution in [0.3, 0.4) is 0 Å². The molecule has 1 aromatic heterocycles. The Morgan fingerprint density at radius 1 is 1.07 bits per heavy atom. The average molecular weight is 439 g/mol. The number of nitrogens with zero attached hydrogens (tertiary/aromatic N) is 2. The summed E-state index contributed by atoms with van der Waals surface area (Å²) in [6.07, 6.45) is 6.28. The van der Waals surface area contributed by atoms with Crippen LogP contribution in [0.25, 0.3) is 10.8 Å². The van der Waals surface area contributed by atoms with Gasteiger partial charge >= 0.3 is 5.97 Å². The molecular weight excluding hydrogens is 419 g/mol. The van der Waals surface area contributed by atoms with Crippen molar-refractivity contribution >= 4 is 39.9 Å². The maximum atomic E-state index is 12.6. The fraction of sp³-hybridized carbons (Fsp3) is 0.167. The van der Waals surface area contributed by atoms with Gasteiger partial charge in [-0.05, 0) is 41.0 Å². The number of hydrogen-bond acceptors (Lipinski definition) is 3. The predicted molar refractivity (Wildman–Crippen MR) is 120 cm³/mol. The summed E-state index contributed by atoms with van der Waals surface area (Å²) < 4.78 is 7.72. The van der Waals surface area contributed by atoms with E-state index >= 15 is 0 Å². The molecule has 0 aliphatic carbocycles. The van der Waals surface area contributed by atoms with E-state index in [9.17, 15) is 4.79 Å². The Bertz CT molecular complexity index is 1150. The van der Waals surface area contributed by atoms with E-state index in [-0.39, 0.29) is 17.5 Å². The van der Waals surface area contributed by atoms with Gasteiger partial charge in [-0.15, -0.1) is 0 Å². The monoisotopic (exact) mass is 438 g/mol.